The topological polar surface area (TPSA) is 98.5 Å². The predicted molar refractivity (Wildman–Crippen MR) is 84.7 cm³/mol. The van der Waals surface area contributed by atoms with Gasteiger partial charge in [0, 0.05) is 18.6 Å². The molecule has 0 aliphatic rings. The van der Waals surface area contributed by atoms with Gasteiger partial charge in [0.2, 0.25) is 5.91 Å². The molecule has 6 nitrogen and oxygen atoms in total. The van der Waals surface area contributed by atoms with Crippen LogP contribution in [0.3, 0.4) is 0 Å². The molecule has 0 aliphatic carbocycles. The van der Waals surface area contributed by atoms with Crippen molar-refractivity contribution < 1.29 is 17.9 Å². The van der Waals surface area contributed by atoms with E-state index in [9.17, 15) is 13.2 Å². The Morgan fingerprint density at radius 3 is 2.57 bits per heavy atom. The van der Waals surface area contributed by atoms with Crippen molar-refractivity contribution in [2.45, 2.75) is 6.42 Å². The molecule has 0 saturated heterocycles. The Kier molecular flexibility index (Phi) is 6.73. The van der Waals surface area contributed by atoms with Gasteiger partial charge in [0.15, 0.2) is 9.84 Å². The fraction of sp³-hybridized carbons (Fsp3) is 0.417. The number of hydrogen-bond donors (Lipinski definition) is 2. The molecule has 0 aliphatic heterocycles. The van der Waals surface area contributed by atoms with E-state index < -0.39 is 15.7 Å². The van der Waals surface area contributed by atoms with Gasteiger partial charge in [0.1, 0.15) is 0 Å². The molecule has 1 aromatic carbocycles. The van der Waals surface area contributed by atoms with Gasteiger partial charge in [-0.15, -0.1) is 0 Å². The third-order valence-corrected chi connectivity index (χ3v) is 4.72. The minimum atomic E-state index is -3.33. The quantitative estimate of drug-likeness (QED) is 0.729. The van der Waals surface area contributed by atoms with Crippen LogP contribution in [0.1, 0.15) is 6.42 Å². The molecule has 0 aromatic heterocycles. The largest absolute Gasteiger partial charge is 0.397 e. The molecule has 0 spiro atoms. The van der Waals surface area contributed by atoms with Crippen LogP contribution in [0.15, 0.2) is 12.1 Å². The highest BCUT2D eigenvalue weighted by Crippen LogP contribution is 2.32. The summed E-state index contributed by atoms with van der Waals surface area (Å²) in [4.78, 5) is 11.8. The highest BCUT2D eigenvalue weighted by molar-refractivity contribution is 7.91. The van der Waals surface area contributed by atoms with Gasteiger partial charge < -0.3 is 15.8 Å². The van der Waals surface area contributed by atoms with Crippen molar-refractivity contribution in [3.8, 4) is 0 Å². The van der Waals surface area contributed by atoms with Crippen LogP contribution in [0, 0.1) is 0 Å². The normalized spacial score (nSPS) is 11.4. The van der Waals surface area contributed by atoms with Crippen LogP contribution >= 0.6 is 23.2 Å². The Labute approximate surface area is 133 Å². The number of methoxy groups -OCH3 is 1. The lowest BCUT2D eigenvalue weighted by Crippen LogP contribution is -2.21. The molecule has 0 fully saturated rings. The first-order valence-electron chi connectivity index (χ1n) is 5.99. The van der Waals surface area contributed by atoms with Crippen LogP contribution in [0.2, 0.25) is 10.0 Å². The number of carbonyl (C=O) groups excluding carboxylic acids is 1. The predicted octanol–water partition coefficient (Wildman–Crippen LogP) is 1.97. The Hall–Kier alpha value is -1.02. The molecule has 9 heteroatoms. The molecule has 0 saturated carbocycles. The first-order valence-corrected chi connectivity index (χ1v) is 8.56. The Balaban J connectivity index is 2.63. The van der Waals surface area contributed by atoms with Crippen molar-refractivity contribution >= 4 is 50.3 Å². The average Bonchev–Trinajstić information content (AvgIpc) is 2.38. The molecule has 3 N–H and O–H groups in total. The number of nitrogen functional groups attached to an aromatic ring is 1. The maximum Gasteiger partial charge on any atom is 0.225 e. The molecule has 1 amide bonds. The third-order valence-electron chi connectivity index (χ3n) is 2.59. The van der Waals surface area contributed by atoms with Crippen molar-refractivity contribution in [3.63, 3.8) is 0 Å². The fourth-order valence-corrected chi connectivity index (χ4v) is 3.17. The summed E-state index contributed by atoms with van der Waals surface area (Å²) in [7, 11) is -1.92. The van der Waals surface area contributed by atoms with Crippen LogP contribution in [0.5, 0.6) is 0 Å². The van der Waals surface area contributed by atoms with Gasteiger partial charge in [0.25, 0.3) is 0 Å². The van der Waals surface area contributed by atoms with E-state index >= 15 is 0 Å². The van der Waals surface area contributed by atoms with E-state index in [1.165, 1.54) is 19.2 Å². The van der Waals surface area contributed by atoms with Crippen molar-refractivity contribution in [2.75, 3.05) is 36.3 Å². The highest BCUT2D eigenvalue weighted by atomic mass is 35.5. The van der Waals surface area contributed by atoms with Crippen LogP contribution in [0.4, 0.5) is 11.4 Å². The summed E-state index contributed by atoms with van der Waals surface area (Å²) >= 11 is 11.7. The summed E-state index contributed by atoms with van der Waals surface area (Å²) in [5.41, 5.74) is 6.13. The Morgan fingerprint density at radius 1 is 1.33 bits per heavy atom. The molecule has 0 heterocycles. The molecule has 0 bridgehead atoms. The second-order valence-electron chi connectivity index (χ2n) is 4.29. The van der Waals surface area contributed by atoms with Crippen LogP contribution in [-0.2, 0) is 19.4 Å². The van der Waals surface area contributed by atoms with Gasteiger partial charge in [-0.1, -0.05) is 23.2 Å². The monoisotopic (exact) mass is 354 g/mol. The van der Waals surface area contributed by atoms with Crippen molar-refractivity contribution in [1.82, 2.24) is 0 Å². The Morgan fingerprint density at radius 2 is 2.00 bits per heavy atom. The van der Waals surface area contributed by atoms with Gasteiger partial charge >= 0.3 is 0 Å². The first-order chi connectivity index (χ1) is 9.75. The number of amides is 1. The molecule has 0 radical (unpaired) electrons. The van der Waals surface area contributed by atoms with E-state index in [4.69, 9.17) is 33.7 Å². The van der Waals surface area contributed by atoms with Crippen LogP contribution in [-0.4, -0.2) is 39.5 Å². The van der Waals surface area contributed by atoms with Gasteiger partial charge in [-0.2, -0.15) is 0 Å². The zero-order chi connectivity index (χ0) is 16.0. The lowest BCUT2D eigenvalue weighted by Gasteiger charge is -2.11. The zero-order valence-electron chi connectivity index (χ0n) is 11.4. The maximum atomic E-state index is 11.8. The van der Waals surface area contributed by atoms with Crippen molar-refractivity contribution in [2.24, 2.45) is 0 Å². The molecular weight excluding hydrogens is 339 g/mol. The van der Waals surface area contributed by atoms with Crippen molar-refractivity contribution in [1.29, 1.82) is 0 Å². The van der Waals surface area contributed by atoms with Gasteiger partial charge in [-0.25, -0.2) is 8.42 Å². The standard InChI is InChI=1S/C12H16Cl2N2O4S/c1-20-3-5-21(18,19)4-2-11(17)16-12-9(14)6-8(13)7-10(12)15/h6-7H,2-5,15H2,1H3,(H,16,17). The number of nitrogens with one attached hydrogen (secondary N) is 1. The van der Waals surface area contributed by atoms with E-state index in [0.717, 1.165) is 0 Å². The van der Waals surface area contributed by atoms with Gasteiger partial charge in [-0.3, -0.25) is 4.79 Å². The SMILES string of the molecule is COCCS(=O)(=O)CCC(=O)Nc1c(N)cc(Cl)cc1Cl. The van der Waals surface area contributed by atoms with E-state index in [1.807, 2.05) is 0 Å². The zero-order valence-corrected chi connectivity index (χ0v) is 13.7. The molecular formula is C12H16Cl2N2O4S. The van der Waals surface area contributed by atoms with Crippen molar-refractivity contribution in [3.05, 3.63) is 22.2 Å². The number of anilines is 2. The number of ether oxygens (including phenoxy) is 1. The van der Waals surface area contributed by atoms with Gasteiger partial charge in [-0.05, 0) is 12.1 Å². The van der Waals surface area contributed by atoms with E-state index in [1.54, 1.807) is 0 Å². The lowest BCUT2D eigenvalue weighted by atomic mass is 10.2. The second-order valence-corrected chi connectivity index (χ2v) is 7.44. The summed E-state index contributed by atoms with van der Waals surface area (Å²) in [5.74, 6) is -0.889. The number of carbonyl (C=O) groups is 1. The van der Waals surface area contributed by atoms with Crippen LogP contribution in [0.25, 0.3) is 0 Å². The maximum absolute atomic E-state index is 11.8. The average molecular weight is 355 g/mol. The fourth-order valence-electron chi connectivity index (χ4n) is 1.49. The molecule has 0 unspecified atom stereocenters. The molecule has 1 aromatic rings. The molecule has 118 valence electrons. The summed E-state index contributed by atoms with van der Waals surface area (Å²) < 4.78 is 27.9. The smallest absolute Gasteiger partial charge is 0.225 e. The summed E-state index contributed by atoms with van der Waals surface area (Å²) in [6.07, 6.45) is -0.190. The second kappa shape index (κ2) is 7.84. The summed E-state index contributed by atoms with van der Waals surface area (Å²) in [5, 5.41) is 3.02. The van der Waals surface area contributed by atoms with Gasteiger partial charge in [0.05, 0.1) is 34.5 Å². The Bertz CT molecular complexity index is 597. The number of halogens is 2. The number of sulfone groups is 1. The number of benzene rings is 1. The lowest BCUT2D eigenvalue weighted by molar-refractivity contribution is -0.115. The minimum absolute atomic E-state index is 0.0971. The molecule has 0 atom stereocenters. The first kappa shape index (κ1) is 18.0. The number of rotatable bonds is 7. The number of hydrogen-bond acceptors (Lipinski definition) is 5. The summed E-state index contributed by atoms with van der Waals surface area (Å²) in [6, 6.07) is 2.88. The summed E-state index contributed by atoms with van der Waals surface area (Å²) in [6.45, 7) is 0.0971. The van der Waals surface area contributed by atoms with Crippen LogP contribution < -0.4 is 11.1 Å². The third kappa shape index (κ3) is 6.09. The molecule has 1 rings (SSSR count). The van der Waals surface area contributed by atoms with E-state index in [0.29, 0.717) is 5.02 Å². The van der Waals surface area contributed by atoms with E-state index in [-0.39, 0.29) is 40.9 Å². The minimum Gasteiger partial charge on any atom is -0.397 e. The highest BCUT2D eigenvalue weighted by Gasteiger charge is 2.15. The van der Waals surface area contributed by atoms with E-state index in [2.05, 4.69) is 5.32 Å². The molecule has 21 heavy (non-hydrogen) atoms. The number of nitrogens with two attached hydrogens (primary N) is 1.